The van der Waals surface area contributed by atoms with Crippen molar-refractivity contribution in [3.05, 3.63) is 99.6 Å². The third-order valence-electron chi connectivity index (χ3n) is 5.04. The van der Waals surface area contributed by atoms with Gasteiger partial charge in [0.1, 0.15) is 16.5 Å². The average molecular weight is 472 g/mol. The largest absolute Gasteiger partial charge is 0.494 e. The van der Waals surface area contributed by atoms with Crippen molar-refractivity contribution in [2.24, 2.45) is 0 Å². The lowest BCUT2D eigenvalue weighted by Crippen LogP contribution is -2.20. The molecule has 8 heteroatoms. The molecule has 164 valence electrons. The van der Waals surface area contributed by atoms with Gasteiger partial charge in [0, 0.05) is 16.8 Å². The van der Waals surface area contributed by atoms with Gasteiger partial charge in [0.25, 0.3) is 0 Å². The molecule has 0 bridgehead atoms. The van der Waals surface area contributed by atoms with Gasteiger partial charge < -0.3 is 9.30 Å². The van der Waals surface area contributed by atoms with Crippen molar-refractivity contribution in [2.75, 3.05) is 6.61 Å². The lowest BCUT2D eigenvalue weighted by molar-refractivity contribution is 0.340. The van der Waals surface area contributed by atoms with E-state index < -0.39 is 26.0 Å². The van der Waals surface area contributed by atoms with Crippen molar-refractivity contribution in [1.29, 1.82) is 0 Å². The van der Waals surface area contributed by atoms with Crippen molar-refractivity contribution in [2.45, 2.75) is 23.3 Å². The van der Waals surface area contributed by atoms with Crippen molar-refractivity contribution >= 4 is 32.3 Å². The number of benzene rings is 3. The first kappa shape index (κ1) is 22.0. The van der Waals surface area contributed by atoms with Gasteiger partial charge in [-0.25, -0.2) is 12.8 Å². The Morgan fingerprint density at radius 3 is 2.44 bits per heavy atom. The molecular formula is C24H19ClFNO4S. The smallest absolute Gasteiger partial charge is 0.211 e. The molecule has 4 rings (SSSR count). The molecule has 3 aromatic carbocycles. The molecule has 0 unspecified atom stereocenters. The number of ether oxygens (including phenoxy) is 1. The van der Waals surface area contributed by atoms with Crippen LogP contribution in [0.3, 0.4) is 0 Å². The minimum Gasteiger partial charge on any atom is -0.494 e. The predicted octanol–water partition coefficient (Wildman–Crippen LogP) is 5.07. The summed E-state index contributed by atoms with van der Waals surface area (Å²) < 4.78 is 48.1. The highest BCUT2D eigenvalue weighted by Gasteiger charge is 2.24. The summed E-state index contributed by atoms with van der Waals surface area (Å²) in [6.45, 7) is 2.24. The highest BCUT2D eigenvalue weighted by atomic mass is 35.5. The zero-order chi connectivity index (χ0) is 22.9. The van der Waals surface area contributed by atoms with Crippen molar-refractivity contribution in [1.82, 2.24) is 4.57 Å². The molecule has 1 aromatic heterocycles. The van der Waals surface area contributed by atoms with Crippen molar-refractivity contribution in [3.8, 4) is 5.75 Å². The normalized spacial score (nSPS) is 11.6. The number of halogens is 2. The zero-order valence-corrected chi connectivity index (χ0v) is 18.7. The number of fused-ring (bicyclic) bond motifs is 1. The Morgan fingerprint density at radius 2 is 1.75 bits per heavy atom. The van der Waals surface area contributed by atoms with Crippen LogP contribution < -0.4 is 10.2 Å². The van der Waals surface area contributed by atoms with Crippen molar-refractivity contribution < 1.29 is 17.5 Å². The fraction of sp³-hybridized carbons (Fsp3) is 0.125. The van der Waals surface area contributed by atoms with Crippen LogP contribution in [-0.2, 0) is 16.4 Å². The molecule has 0 amide bonds. The monoisotopic (exact) mass is 471 g/mol. The summed E-state index contributed by atoms with van der Waals surface area (Å²) in [5.41, 5.74) is 0.180. The number of aromatic nitrogens is 1. The Balaban J connectivity index is 1.98. The predicted molar refractivity (Wildman–Crippen MR) is 122 cm³/mol. The van der Waals surface area contributed by atoms with Crippen LogP contribution in [0.5, 0.6) is 5.75 Å². The molecule has 0 N–H and O–H groups in total. The summed E-state index contributed by atoms with van der Waals surface area (Å²) in [5, 5.41) is 0.545. The Hall–Kier alpha value is -3.16. The quantitative estimate of drug-likeness (QED) is 0.393. The average Bonchev–Trinajstić information content (AvgIpc) is 2.77. The maximum Gasteiger partial charge on any atom is 0.211 e. The lowest BCUT2D eigenvalue weighted by Gasteiger charge is -2.15. The van der Waals surface area contributed by atoms with E-state index >= 15 is 0 Å². The van der Waals surface area contributed by atoms with Gasteiger partial charge in [0.15, 0.2) is 0 Å². The van der Waals surface area contributed by atoms with E-state index in [1.165, 1.54) is 42.6 Å². The van der Waals surface area contributed by atoms with E-state index in [1.807, 2.05) is 6.92 Å². The second-order valence-corrected chi connectivity index (χ2v) is 9.47. The first-order valence-electron chi connectivity index (χ1n) is 9.85. The summed E-state index contributed by atoms with van der Waals surface area (Å²) in [4.78, 5) is 12.8. The fourth-order valence-electron chi connectivity index (χ4n) is 3.48. The number of hydrogen-bond acceptors (Lipinski definition) is 4. The molecule has 0 spiro atoms. The minimum atomic E-state index is -4.15. The van der Waals surface area contributed by atoms with E-state index in [9.17, 15) is 17.6 Å². The number of rotatable bonds is 6. The minimum absolute atomic E-state index is 0.0422. The van der Waals surface area contributed by atoms with Gasteiger partial charge >= 0.3 is 0 Å². The van der Waals surface area contributed by atoms with Gasteiger partial charge in [-0.05, 0) is 55.5 Å². The van der Waals surface area contributed by atoms with Gasteiger partial charge in [-0.1, -0.05) is 29.8 Å². The molecule has 0 saturated heterocycles. The topological polar surface area (TPSA) is 65.4 Å². The maximum atomic E-state index is 14.3. The summed E-state index contributed by atoms with van der Waals surface area (Å²) in [7, 11) is -4.15. The molecule has 0 saturated carbocycles. The van der Waals surface area contributed by atoms with Crippen LogP contribution in [0.4, 0.5) is 4.39 Å². The zero-order valence-electron chi connectivity index (χ0n) is 17.1. The summed E-state index contributed by atoms with van der Waals surface area (Å²) in [6.07, 6.45) is 1.27. The SMILES string of the molecule is CCOc1ccc2c(c1)c(=O)c(S(=O)(=O)c1ccc(Cl)cc1)cn2Cc1ccccc1F. The molecule has 0 aliphatic heterocycles. The highest BCUT2D eigenvalue weighted by molar-refractivity contribution is 7.91. The van der Waals surface area contributed by atoms with Gasteiger partial charge in [-0.2, -0.15) is 0 Å². The molecule has 4 aromatic rings. The Bertz CT molecular complexity index is 1460. The molecule has 5 nitrogen and oxygen atoms in total. The van der Waals surface area contributed by atoms with Gasteiger partial charge in [0.05, 0.1) is 29.0 Å². The second kappa shape index (κ2) is 8.76. The van der Waals surface area contributed by atoms with E-state index in [1.54, 1.807) is 34.9 Å². The molecule has 0 radical (unpaired) electrons. The molecule has 32 heavy (non-hydrogen) atoms. The molecule has 0 aliphatic rings. The van der Waals surface area contributed by atoms with Crippen LogP contribution >= 0.6 is 11.6 Å². The lowest BCUT2D eigenvalue weighted by atomic mass is 10.1. The van der Waals surface area contributed by atoms with E-state index in [0.717, 1.165) is 0 Å². The number of sulfone groups is 1. The van der Waals surface area contributed by atoms with E-state index in [0.29, 0.717) is 28.5 Å². The number of nitrogens with zero attached hydrogens (tertiary/aromatic N) is 1. The first-order chi connectivity index (χ1) is 15.3. The van der Waals surface area contributed by atoms with Crippen LogP contribution in [0.15, 0.2) is 87.5 Å². The van der Waals surface area contributed by atoms with E-state index in [4.69, 9.17) is 16.3 Å². The third kappa shape index (κ3) is 4.13. The molecule has 0 fully saturated rings. The molecule has 0 atom stereocenters. The van der Waals surface area contributed by atoms with Gasteiger partial charge in [-0.15, -0.1) is 0 Å². The number of pyridine rings is 1. The van der Waals surface area contributed by atoms with Crippen LogP contribution in [-0.4, -0.2) is 19.6 Å². The second-order valence-electron chi connectivity index (χ2n) is 7.11. The van der Waals surface area contributed by atoms with Gasteiger partial charge in [-0.3, -0.25) is 4.79 Å². The Morgan fingerprint density at radius 1 is 1.03 bits per heavy atom. The van der Waals surface area contributed by atoms with Crippen molar-refractivity contribution in [3.63, 3.8) is 0 Å². The van der Waals surface area contributed by atoms with Crippen LogP contribution in [0.1, 0.15) is 12.5 Å². The summed E-state index contributed by atoms with van der Waals surface area (Å²) >= 11 is 5.88. The fourth-order valence-corrected chi connectivity index (χ4v) is 4.97. The number of hydrogen-bond donors (Lipinski definition) is 0. The maximum absolute atomic E-state index is 14.3. The van der Waals surface area contributed by atoms with E-state index in [-0.39, 0.29) is 16.8 Å². The molecule has 0 aliphatic carbocycles. The first-order valence-corrected chi connectivity index (χ1v) is 11.7. The van der Waals surface area contributed by atoms with Gasteiger partial charge in [0.2, 0.25) is 15.3 Å². The van der Waals surface area contributed by atoms with Crippen LogP contribution in [0.2, 0.25) is 5.02 Å². The van der Waals surface area contributed by atoms with Crippen LogP contribution in [0.25, 0.3) is 10.9 Å². The highest BCUT2D eigenvalue weighted by Crippen LogP contribution is 2.25. The van der Waals surface area contributed by atoms with Crippen LogP contribution in [0, 0.1) is 5.82 Å². The molecule has 1 heterocycles. The summed E-state index contributed by atoms with van der Waals surface area (Å²) in [5.74, 6) is 0.0166. The Labute approximate surface area is 189 Å². The Kier molecular flexibility index (Phi) is 6.04. The van der Waals surface area contributed by atoms with E-state index in [2.05, 4.69) is 0 Å². The third-order valence-corrected chi connectivity index (χ3v) is 7.06. The summed E-state index contributed by atoms with van der Waals surface area (Å²) in [6, 6.07) is 16.7. The molecular weight excluding hydrogens is 453 g/mol. The standard InChI is InChI=1S/C24H19ClFNO4S/c1-2-31-18-9-12-22-20(13-18)24(28)23(32(29,30)19-10-7-17(25)8-11-19)15-27(22)14-16-5-3-4-6-21(16)26/h3-13,15H,2,14H2,1H3.